The van der Waals surface area contributed by atoms with Crippen molar-refractivity contribution in [2.45, 2.75) is 66.4 Å². The molecule has 0 aliphatic carbocycles. The Balaban J connectivity index is -0.000000157. The second-order valence-corrected chi connectivity index (χ2v) is 7.29. The zero-order valence-electron chi connectivity index (χ0n) is 24.2. The molecule has 0 aromatic heterocycles. The largest absolute Gasteiger partial charge is 0.447 e. The van der Waals surface area contributed by atoms with E-state index < -0.39 is 18.3 Å². The fraction of sp³-hybridized carbons (Fsp3) is 0.769. The topological polar surface area (TPSA) is 187 Å². The summed E-state index contributed by atoms with van der Waals surface area (Å²) in [5.41, 5.74) is 0. The molecule has 0 aliphatic heterocycles. The maximum absolute atomic E-state index is 11.0. The molecule has 0 unspecified atom stereocenters. The van der Waals surface area contributed by atoms with Crippen LogP contribution >= 0.6 is 0 Å². The normalized spacial score (nSPS) is 8.95. The summed E-state index contributed by atoms with van der Waals surface area (Å²) in [6.07, 6.45) is 4.06. The summed E-state index contributed by atoms with van der Waals surface area (Å²) >= 11 is 0. The zero-order valence-corrected chi connectivity index (χ0v) is 24.2. The van der Waals surface area contributed by atoms with Gasteiger partial charge in [0.2, 0.25) is 5.91 Å². The van der Waals surface area contributed by atoms with Crippen molar-refractivity contribution in [2.24, 2.45) is 0 Å². The minimum absolute atomic E-state index is 0. The lowest BCUT2D eigenvalue weighted by Crippen LogP contribution is -2.33. The molecule has 14 nitrogen and oxygen atoms in total. The van der Waals surface area contributed by atoms with Crippen LogP contribution in [-0.2, 0) is 38.1 Å². The van der Waals surface area contributed by atoms with Crippen molar-refractivity contribution < 1.29 is 47.7 Å². The van der Waals surface area contributed by atoms with Crippen LogP contribution in [0.25, 0.3) is 0 Å². The van der Waals surface area contributed by atoms with Crippen LogP contribution in [-0.4, -0.2) is 110 Å². The highest BCUT2D eigenvalue weighted by Crippen LogP contribution is 1.94. The molecular weight excluding hydrogens is 528 g/mol. The Morgan fingerprint density at radius 2 is 1.30 bits per heavy atom. The van der Waals surface area contributed by atoms with E-state index in [1.54, 1.807) is 13.8 Å². The number of carbonyl (C=O) groups excluding carboxylic acids is 6. The van der Waals surface area contributed by atoms with E-state index in [1.165, 1.54) is 14.0 Å². The first-order valence-electron chi connectivity index (χ1n) is 12.8. The average molecular weight is 583 g/mol. The standard InChI is InChI=1S/C10H20N2O5.C9H20N2O2.C5H8O2.CH2O.CH4/c1-4-11-9(13)16-6-8(15-3)7-17-10(14)12-5-2;1-9(12)11-6-8-13-7-4-3-5-10-2;6-4-2-1-3-5-7;1-2;/h8H,4-7H2,1-3H3,(H,11,13)(H,12,14);10H,3-8H2,1-2H3,(H,11,12);4-5H,1-3H2;1H2;1H4. The van der Waals surface area contributed by atoms with Crippen LogP contribution < -0.4 is 21.3 Å². The van der Waals surface area contributed by atoms with E-state index in [9.17, 15) is 24.0 Å². The number of aldehydes is 2. The summed E-state index contributed by atoms with van der Waals surface area (Å²) < 4.78 is 20.0. The molecule has 0 aliphatic rings. The van der Waals surface area contributed by atoms with Crippen molar-refractivity contribution in [1.82, 2.24) is 21.3 Å². The van der Waals surface area contributed by atoms with Crippen molar-refractivity contribution in [3.63, 3.8) is 0 Å². The number of amides is 3. The lowest BCUT2D eigenvalue weighted by atomic mass is 10.3. The van der Waals surface area contributed by atoms with Crippen molar-refractivity contribution in [3.8, 4) is 0 Å². The summed E-state index contributed by atoms with van der Waals surface area (Å²) in [6.45, 7) is 11.2. The quantitative estimate of drug-likeness (QED) is 0.128. The second kappa shape index (κ2) is 43.0. The third kappa shape index (κ3) is 48.0. The van der Waals surface area contributed by atoms with E-state index in [0.29, 0.717) is 45.5 Å². The zero-order chi connectivity index (χ0) is 30.6. The first kappa shape index (κ1) is 46.7. The minimum atomic E-state index is -0.521. The predicted molar refractivity (Wildman–Crippen MR) is 153 cm³/mol. The van der Waals surface area contributed by atoms with Crippen LogP contribution in [0.5, 0.6) is 0 Å². The molecule has 0 saturated heterocycles. The van der Waals surface area contributed by atoms with Crippen molar-refractivity contribution in [3.05, 3.63) is 0 Å². The van der Waals surface area contributed by atoms with Crippen LogP contribution in [0.4, 0.5) is 9.59 Å². The molecule has 0 saturated carbocycles. The molecule has 0 bridgehead atoms. The molecule has 4 N–H and O–H groups in total. The SMILES string of the molecule is C.C=O.CCNC(=O)OCC(COC(=O)NCC)OC.CNCCCCOCCNC(C)=O.O=CCCCC=O. The Kier molecular flexibility index (Phi) is 50.2. The summed E-state index contributed by atoms with van der Waals surface area (Å²) in [5, 5.41) is 10.7. The Bertz CT molecular complexity index is 554. The van der Waals surface area contributed by atoms with Crippen LogP contribution in [0.15, 0.2) is 0 Å². The number of rotatable bonds is 19. The Morgan fingerprint density at radius 1 is 0.800 bits per heavy atom. The summed E-state index contributed by atoms with van der Waals surface area (Å²) in [6, 6.07) is 0. The van der Waals surface area contributed by atoms with Gasteiger partial charge in [0.05, 0.1) is 6.61 Å². The highest BCUT2D eigenvalue weighted by molar-refractivity contribution is 5.72. The minimum Gasteiger partial charge on any atom is -0.447 e. The van der Waals surface area contributed by atoms with Gasteiger partial charge in [0, 0.05) is 53.1 Å². The average Bonchev–Trinajstić information content (AvgIpc) is 2.92. The van der Waals surface area contributed by atoms with Crippen LogP contribution in [0.2, 0.25) is 0 Å². The lowest BCUT2D eigenvalue weighted by molar-refractivity contribution is -0.119. The van der Waals surface area contributed by atoms with Crippen LogP contribution in [0.3, 0.4) is 0 Å². The van der Waals surface area contributed by atoms with Gasteiger partial charge >= 0.3 is 12.2 Å². The third-order valence-corrected chi connectivity index (χ3v) is 4.01. The van der Waals surface area contributed by atoms with E-state index in [2.05, 4.69) is 21.3 Å². The Hall–Kier alpha value is -3.10. The summed E-state index contributed by atoms with van der Waals surface area (Å²) in [5.74, 6) is -0.00113. The van der Waals surface area contributed by atoms with E-state index in [0.717, 1.165) is 38.6 Å². The van der Waals surface area contributed by atoms with Crippen molar-refractivity contribution in [2.75, 3.05) is 66.8 Å². The highest BCUT2D eigenvalue weighted by Gasteiger charge is 2.13. The fourth-order valence-corrected chi connectivity index (χ4v) is 2.10. The molecule has 0 aromatic carbocycles. The number of hydrogen-bond acceptors (Lipinski definition) is 11. The molecule has 0 spiro atoms. The van der Waals surface area contributed by atoms with Gasteiger partial charge in [-0.1, -0.05) is 7.43 Å². The highest BCUT2D eigenvalue weighted by atomic mass is 16.6. The number of unbranched alkanes of at least 4 members (excludes halogenated alkanes) is 3. The van der Waals surface area contributed by atoms with Gasteiger partial charge in [-0.15, -0.1) is 0 Å². The first-order chi connectivity index (χ1) is 18.8. The Morgan fingerprint density at radius 3 is 1.68 bits per heavy atom. The molecule has 0 heterocycles. The first-order valence-corrected chi connectivity index (χ1v) is 12.8. The van der Waals surface area contributed by atoms with Gasteiger partial charge in [0.1, 0.15) is 38.7 Å². The molecule has 3 amide bonds. The lowest BCUT2D eigenvalue weighted by Gasteiger charge is -2.15. The Labute approximate surface area is 240 Å². The van der Waals surface area contributed by atoms with Gasteiger partial charge in [-0.25, -0.2) is 9.59 Å². The number of nitrogens with one attached hydrogen (secondary N) is 4. The molecule has 0 atom stereocenters. The number of hydrogen-bond donors (Lipinski definition) is 4. The number of methoxy groups -OCH3 is 1. The van der Waals surface area contributed by atoms with E-state index in [-0.39, 0.29) is 26.5 Å². The van der Waals surface area contributed by atoms with Gasteiger partial charge in [-0.05, 0) is 46.7 Å². The van der Waals surface area contributed by atoms with Gasteiger partial charge in [0.25, 0.3) is 0 Å². The molecule has 0 radical (unpaired) electrons. The molecule has 14 heteroatoms. The maximum atomic E-state index is 11.0. The van der Waals surface area contributed by atoms with E-state index in [4.69, 9.17) is 23.7 Å². The fourth-order valence-electron chi connectivity index (χ4n) is 2.10. The second-order valence-electron chi connectivity index (χ2n) is 7.29. The smallest absolute Gasteiger partial charge is 0.407 e. The molecule has 0 fully saturated rings. The van der Waals surface area contributed by atoms with Gasteiger partial charge in [-0.2, -0.15) is 0 Å². The number of carbonyl (C=O) groups is 6. The van der Waals surface area contributed by atoms with Crippen LogP contribution in [0.1, 0.15) is 60.3 Å². The predicted octanol–water partition coefficient (Wildman–Crippen LogP) is 1.64. The molecule has 0 aromatic rings. The van der Waals surface area contributed by atoms with E-state index >= 15 is 0 Å². The molecule has 40 heavy (non-hydrogen) atoms. The van der Waals surface area contributed by atoms with Crippen LogP contribution in [0, 0.1) is 0 Å². The third-order valence-electron chi connectivity index (χ3n) is 4.01. The molecule has 0 rings (SSSR count). The van der Waals surface area contributed by atoms with Crippen molar-refractivity contribution in [1.29, 1.82) is 0 Å². The molecule has 238 valence electrons. The summed E-state index contributed by atoms with van der Waals surface area (Å²) in [7, 11) is 3.39. The number of ether oxygens (including phenoxy) is 4. The monoisotopic (exact) mass is 582 g/mol. The van der Waals surface area contributed by atoms with Crippen molar-refractivity contribution >= 4 is 37.5 Å². The van der Waals surface area contributed by atoms with Gasteiger partial charge in [-0.3, -0.25) is 4.79 Å². The van der Waals surface area contributed by atoms with Gasteiger partial charge < -0.3 is 54.6 Å². The number of alkyl carbamates (subject to hydrolysis) is 2. The molecular formula is C26H54N4O10. The van der Waals surface area contributed by atoms with E-state index in [1.807, 2.05) is 13.8 Å². The summed E-state index contributed by atoms with van der Waals surface area (Å²) in [4.78, 5) is 59.6. The maximum Gasteiger partial charge on any atom is 0.407 e. The van der Waals surface area contributed by atoms with Gasteiger partial charge in [0.15, 0.2) is 0 Å².